The van der Waals surface area contributed by atoms with Crippen molar-refractivity contribution in [2.24, 2.45) is 0 Å². The fourth-order valence-corrected chi connectivity index (χ4v) is 1.33. The number of anilines is 1. The Labute approximate surface area is 97.9 Å². The lowest BCUT2D eigenvalue weighted by Gasteiger charge is -2.21. The molecule has 0 unspecified atom stereocenters. The summed E-state index contributed by atoms with van der Waals surface area (Å²) in [6, 6.07) is 0. The van der Waals surface area contributed by atoms with E-state index in [1.165, 1.54) is 17.3 Å². The Kier molecular flexibility index (Phi) is 4.68. The molecule has 1 aromatic rings. The largest absolute Gasteiger partial charge is 0.401 e. The van der Waals surface area contributed by atoms with E-state index in [1.54, 1.807) is 14.0 Å². The number of nitrogens with one attached hydrogen (secondary N) is 1. The average Bonchev–Trinajstić information content (AvgIpc) is 2.27. The van der Waals surface area contributed by atoms with Gasteiger partial charge in [0.05, 0.1) is 24.6 Å². The summed E-state index contributed by atoms with van der Waals surface area (Å²) < 4.78 is 36.7. The van der Waals surface area contributed by atoms with Crippen LogP contribution in [0, 0.1) is 0 Å². The minimum atomic E-state index is -4.19. The Hall–Kier alpha value is -1.37. The molecule has 0 aromatic carbocycles. The van der Waals surface area contributed by atoms with Crippen molar-refractivity contribution in [1.29, 1.82) is 0 Å². The normalized spacial score (nSPS) is 11.9. The van der Waals surface area contributed by atoms with Crippen molar-refractivity contribution in [2.45, 2.75) is 19.6 Å². The van der Waals surface area contributed by atoms with E-state index in [-0.39, 0.29) is 6.54 Å². The van der Waals surface area contributed by atoms with Crippen molar-refractivity contribution < 1.29 is 13.2 Å². The number of aromatic nitrogens is 2. The van der Waals surface area contributed by atoms with E-state index in [9.17, 15) is 13.2 Å². The molecule has 0 aliphatic rings. The third kappa shape index (κ3) is 4.99. The fourth-order valence-electron chi connectivity index (χ4n) is 1.33. The van der Waals surface area contributed by atoms with Crippen LogP contribution in [0.15, 0.2) is 12.4 Å². The number of rotatable bonds is 5. The lowest BCUT2D eigenvalue weighted by atomic mass is 10.3. The van der Waals surface area contributed by atoms with Crippen LogP contribution in [0.3, 0.4) is 0 Å². The molecule has 7 heteroatoms. The Morgan fingerprint density at radius 3 is 2.41 bits per heavy atom. The number of halogens is 3. The topological polar surface area (TPSA) is 41.1 Å². The molecule has 0 spiro atoms. The van der Waals surface area contributed by atoms with Gasteiger partial charge in [-0.25, -0.2) is 4.98 Å². The first kappa shape index (κ1) is 13.7. The van der Waals surface area contributed by atoms with Crippen LogP contribution < -0.4 is 5.32 Å². The Balaban J connectivity index is 2.61. The molecule has 96 valence electrons. The molecule has 17 heavy (non-hydrogen) atoms. The smallest absolute Gasteiger partial charge is 0.372 e. The van der Waals surface area contributed by atoms with Crippen molar-refractivity contribution in [2.75, 3.05) is 25.5 Å². The van der Waals surface area contributed by atoms with E-state index < -0.39 is 12.7 Å². The summed E-state index contributed by atoms with van der Waals surface area (Å²) in [7, 11) is 1.70. The third-order valence-electron chi connectivity index (χ3n) is 2.20. The first-order chi connectivity index (χ1) is 7.94. The summed E-state index contributed by atoms with van der Waals surface area (Å²) in [6.07, 6.45) is -1.21. The highest BCUT2D eigenvalue weighted by Gasteiger charge is 2.30. The van der Waals surface area contributed by atoms with Crippen molar-refractivity contribution in [3.63, 3.8) is 0 Å². The van der Waals surface area contributed by atoms with E-state index in [1.807, 2.05) is 0 Å². The van der Waals surface area contributed by atoms with Gasteiger partial charge in [-0.1, -0.05) is 6.92 Å². The standard InChI is InChI=1S/C10H15F3N4/c1-3-17(7-10(11,12)13)6-8-4-16-9(14-2)5-15-8/h4-5H,3,6-7H2,1-2H3,(H,14,16). The van der Waals surface area contributed by atoms with E-state index in [0.29, 0.717) is 18.1 Å². The molecule has 0 atom stereocenters. The third-order valence-corrected chi connectivity index (χ3v) is 2.20. The summed E-state index contributed by atoms with van der Waals surface area (Å²) >= 11 is 0. The molecule has 0 bridgehead atoms. The Bertz CT molecular complexity index is 336. The van der Waals surface area contributed by atoms with Crippen LogP contribution in [-0.2, 0) is 6.54 Å². The molecule has 1 aromatic heterocycles. The highest BCUT2D eigenvalue weighted by Crippen LogP contribution is 2.17. The predicted molar refractivity (Wildman–Crippen MR) is 58.6 cm³/mol. The van der Waals surface area contributed by atoms with Gasteiger partial charge in [0.2, 0.25) is 0 Å². The first-order valence-electron chi connectivity index (χ1n) is 5.22. The van der Waals surface area contributed by atoms with Gasteiger partial charge >= 0.3 is 6.18 Å². The molecular formula is C10H15F3N4. The SMILES string of the molecule is CCN(Cc1cnc(NC)cn1)CC(F)(F)F. The molecule has 1 heterocycles. The average molecular weight is 248 g/mol. The summed E-state index contributed by atoms with van der Waals surface area (Å²) in [5, 5.41) is 2.79. The Morgan fingerprint density at radius 1 is 1.29 bits per heavy atom. The monoisotopic (exact) mass is 248 g/mol. The maximum absolute atomic E-state index is 12.2. The van der Waals surface area contributed by atoms with Crippen LogP contribution in [0.5, 0.6) is 0 Å². The van der Waals surface area contributed by atoms with Gasteiger partial charge in [-0.2, -0.15) is 13.2 Å². The van der Waals surface area contributed by atoms with Crippen LogP contribution in [0.4, 0.5) is 19.0 Å². The zero-order valence-corrected chi connectivity index (χ0v) is 9.75. The van der Waals surface area contributed by atoms with Crippen molar-refractivity contribution in [3.05, 3.63) is 18.1 Å². The maximum Gasteiger partial charge on any atom is 0.401 e. The van der Waals surface area contributed by atoms with Crippen LogP contribution in [0.2, 0.25) is 0 Å². The summed E-state index contributed by atoms with van der Waals surface area (Å²) in [5.41, 5.74) is 0.523. The second-order valence-electron chi connectivity index (χ2n) is 3.56. The van der Waals surface area contributed by atoms with E-state index in [4.69, 9.17) is 0 Å². The van der Waals surface area contributed by atoms with Gasteiger partial charge in [0.25, 0.3) is 0 Å². The van der Waals surface area contributed by atoms with Crippen LogP contribution >= 0.6 is 0 Å². The van der Waals surface area contributed by atoms with Gasteiger partial charge in [-0.3, -0.25) is 9.88 Å². The molecular weight excluding hydrogens is 233 g/mol. The highest BCUT2D eigenvalue weighted by atomic mass is 19.4. The van der Waals surface area contributed by atoms with Crippen LogP contribution in [0.25, 0.3) is 0 Å². The number of nitrogens with zero attached hydrogens (tertiary/aromatic N) is 3. The summed E-state index contributed by atoms with van der Waals surface area (Å²) in [5.74, 6) is 0.590. The van der Waals surface area contributed by atoms with Gasteiger partial charge < -0.3 is 5.32 Å². The molecule has 1 N–H and O–H groups in total. The predicted octanol–water partition coefficient (Wildman–Crippen LogP) is 1.90. The van der Waals surface area contributed by atoms with E-state index >= 15 is 0 Å². The van der Waals surface area contributed by atoms with Gasteiger partial charge in [-0.15, -0.1) is 0 Å². The number of hydrogen-bond acceptors (Lipinski definition) is 4. The molecule has 0 saturated heterocycles. The molecule has 0 aliphatic heterocycles. The molecule has 0 aliphatic carbocycles. The van der Waals surface area contributed by atoms with Crippen molar-refractivity contribution >= 4 is 5.82 Å². The van der Waals surface area contributed by atoms with Crippen molar-refractivity contribution in [1.82, 2.24) is 14.9 Å². The van der Waals surface area contributed by atoms with Crippen molar-refractivity contribution in [3.8, 4) is 0 Å². The molecule has 0 radical (unpaired) electrons. The number of alkyl halides is 3. The second-order valence-corrected chi connectivity index (χ2v) is 3.56. The lowest BCUT2D eigenvalue weighted by Crippen LogP contribution is -2.33. The number of hydrogen-bond donors (Lipinski definition) is 1. The minimum absolute atomic E-state index is 0.146. The first-order valence-corrected chi connectivity index (χ1v) is 5.22. The zero-order valence-electron chi connectivity index (χ0n) is 9.75. The quantitative estimate of drug-likeness (QED) is 0.864. The Morgan fingerprint density at radius 2 is 2.00 bits per heavy atom. The second kappa shape index (κ2) is 5.81. The fraction of sp³-hybridized carbons (Fsp3) is 0.600. The molecule has 0 fully saturated rings. The highest BCUT2D eigenvalue weighted by molar-refractivity contribution is 5.29. The minimum Gasteiger partial charge on any atom is -0.372 e. The zero-order chi connectivity index (χ0) is 12.9. The molecule has 0 saturated carbocycles. The van der Waals surface area contributed by atoms with Crippen LogP contribution in [-0.4, -0.2) is 41.2 Å². The molecule has 0 amide bonds. The summed E-state index contributed by atoms with van der Waals surface area (Å²) in [4.78, 5) is 9.30. The van der Waals surface area contributed by atoms with E-state index in [2.05, 4.69) is 15.3 Å². The van der Waals surface area contributed by atoms with Gasteiger partial charge in [-0.05, 0) is 6.54 Å². The van der Waals surface area contributed by atoms with E-state index in [0.717, 1.165) is 0 Å². The van der Waals surface area contributed by atoms with Gasteiger partial charge in [0, 0.05) is 13.6 Å². The van der Waals surface area contributed by atoms with Crippen LogP contribution in [0.1, 0.15) is 12.6 Å². The van der Waals surface area contributed by atoms with Gasteiger partial charge in [0.1, 0.15) is 5.82 Å². The molecule has 4 nitrogen and oxygen atoms in total. The molecule has 1 rings (SSSR count). The van der Waals surface area contributed by atoms with Gasteiger partial charge in [0.15, 0.2) is 0 Å². The maximum atomic E-state index is 12.2. The lowest BCUT2D eigenvalue weighted by molar-refractivity contribution is -0.146. The summed E-state index contributed by atoms with van der Waals surface area (Å²) in [6.45, 7) is 1.21.